The molecule has 4 rings (SSSR count). The SMILES string of the molecule is C/C(=N\NC(=O)Cc1ccccc1)N1N=C(c2ccncc2)OC1(C)c1ccc(F)cc1. The molecule has 8 heteroatoms. The lowest BCUT2D eigenvalue weighted by Gasteiger charge is -2.32. The Morgan fingerprint density at radius 2 is 1.78 bits per heavy atom. The van der Waals surface area contributed by atoms with Crippen LogP contribution in [0.1, 0.15) is 30.5 Å². The minimum Gasteiger partial charge on any atom is -0.443 e. The van der Waals surface area contributed by atoms with Gasteiger partial charge in [0.25, 0.3) is 0 Å². The third-order valence-electron chi connectivity index (χ3n) is 5.05. The number of benzene rings is 2. The van der Waals surface area contributed by atoms with Crippen LogP contribution in [0.25, 0.3) is 0 Å². The van der Waals surface area contributed by atoms with Gasteiger partial charge in [-0.05, 0) is 36.8 Å². The smallest absolute Gasteiger partial charge is 0.244 e. The molecule has 1 aliphatic rings. The van der Waals surface area contributed by atoms with Crippen LogP contribution in [0.15, 0.2) is 89.3 Å². The number of amides is 1. The Kier molecular flexibility index (Phi) is 5.93. The van der Waals surface area contributed by atoms with Gasteiger partial charge in [-0.25, -0.2) is 14.8 Å². The Morgan fingerprint density at radius 3 is 2.47 bits per heavy atom. The number of rotatable bonds is 5. The quantitative estimate of drug-likeness (QED) is 0.379. The average molecular weight is 431 g/mol. The Labute approximate surface area is 185 Å². The molecule has 7 nitrogen and oxygen atoms in total. The van der Waals surface area contributed by atoms with Crippen LogP contribution in [0.5, 0.6) is 0 Å². The number of aromatic nitrogens is 1. The highest BCUT2D eigenvalue weighted by molar-refractivity contribution is 5.97. The van der Waals surface area contributed by atoms with Crippen molar-refractivity contribution in [3.05, 3.63) is 102 Å². The summed E-state index contributed by atoms with van der Waals surface area (Å²) in [6, 6.07) is 19.0. The van der Waals surface area contributed by atoms with E-state index in [1.807, 2.05) is 37.3 Å². The highest BCUT2D eigenvalue weighted by atomic mass is 19.1. The summed E-state index contributed by atoms with van der Waals surface area (Å²) in [5, 5.41) is 10.4. The molecule has 2 heterocycles. The first kappa shape index (κ1) is 21.2. The normalized spacial score (nSPS) is 18.2. The third-order valence-corrected chi connectivity index (χ3v) is 5.05. The minimum absolute atomic E-state index is 0.203. The Hall–Kier alpha value is -4.07. The van der Waals surface area contributed by atoms with E-state index in [9.17, 15) is 9.18 Å². The largest absolute Gasteiger partial charge is 0.443 e. The lowest BCUT2D eigenvalue weighted by Crippen LogP contribution is -2.42. The number of halogens is 1. The zero-order valence-electron chi connectivity index (χ0n) is 17.7. The van der Waals surface area contributed by atoms with Gasteiger partial charge < -0.3 is 4.74 Å². The highest BCUT2D eigenvalue weighted by Crippen LogP contribution is 2.36. The fraction of sp³-hybridized carbons (Fsp3) is 0.167. The van der Waals surface area contributed by atoms with Crippen LogP contribution >= 0.6 is 0 Å². The number of amidine groups is 1. The van der Waals surface area contributed by atoms with E-state index in [-0.39, 0.29) is 18.1 Å². The van der Waals surface area contributed by atoms with Crippen LogP contribution in [-0.2, 0) is 21.7 Å². The van der Waals surface area contributed by atoms with Gasteiger partial charge in [0.2, 0.25) is 17.5 Å². The topological polar surface area (TPSA) is 79.2 Å². The number of hydrogen-bond donors (Lipinski definition) is 1. The molecule has 1 aromatic heterocycles. The standard InChI is InChI=1S/C24H22FN5O2/c1-17(27-28-22(31)16-18-6-4-3-5-7-18)30-24(2,20-8-10-21(25)11-9-20)32-23(29-30)19-12-14-26-15-13-19/h3-15H,16H2,1-2H3,(H,28,31)/b27-17+. The van der Waals surface area contributed by atoms with Gasteiger partial charge >= 0.3 is 0 Å². The number of nitrogens with zero attached hydrogens (tertiary/aromatic N) is 4. The predicted octanol–water partition coefficient (Wildman–Crippen LogP) is 3.78. The van der Waals surface area contributed by atoms with Crippen LogP contribution in [0, 0.1) is 5.82 Å². The molecule has 162 valence electrons. The monoisotopic (exact) mass is 431 g/mol. The van der Waals surface area contributed by atoms with Crippen molar-refractivity contribution < 1.29 is 13.9 Å². The van der Waals surface area contributed by atoms with E-state index >= 15 is 0 Å². The molecule has 0 saturated carbocycles. The second-order valence-electron chi connectivity index (χ2n) is 7.40. The molecule has 32 heavy (non-hydrogen) atoms. The van der Waals surface area contributed by atoms with Crippen molar-refractivity contribution >= 4 is 17.6 Å². The van der Waals surface area contributed by atoms with E-state index in [0.29, 0.717) is 17.3 Å². The first-order chi connectivity index (χ1) is 15.5. The molecule has 0 radical (unpaired) electrons. The van der Waals surface area contributed by atoms with Crippen LogP contribution < -0.4 is 5.43 Å². The molecule has 0 saturated heterocycles. The molecule has 1 amide bonds. The van der Waals surface area contributed by atoms with Crippen molar-refractivity contribution in [2.75, 3.05) is 0 Å². The molecule has 0 aliphatic carbocycles. The maximum Gasteiger partial charge on any atom is 0.244 e. The Bertz CT molecular complexity index is 1150. The molecular formula is C24H22FN5O2. The molecule has 1 N–H and O–H groups in total. The zero-order chi connectivity index (χ0) is 22.6. The molecule has 3 aromatic rings. The number of pyridine rings is 1. The lowest BCUT2D eigenvalue weighted by atomic mass is 10.0. The average Bonchev–Trinajstić information content (AvgIpc) is 3.18. The van der Waals surface area contributed by atoms with Gasteiger partial charge in [0.1, 0.15) is 11.7 Å². The van der Waals surface area contributed by atoms with Crippen molar-refractivity contribution in [3.8, 4) is 0 Å². The summed E-state index contributed by atoms with van der Waals surface area (Å²) >= 11 is 0. The van der Waals surface area contributed by atoms with Crippen LogP contribution in [0.2, 0.25) is 0 Å². The van der Waals surface area contributed by atoms with E-state index in [2.05, 4.69) is 20.6 Å². The second-order valence-corrected chi connectivity index (χ2v) is 7.40. The molecular weight excluding hydrogens is 409 g/mol. The van der Waals surface area contributed by atoms with Gasteiger partial charge in [0.05, 0.1) is 6.42 Å². The number of hydrogen-bond acceptors (Lipinski definition) is 5. The molecule has 1 unspecified atom stereocenters. The molecule has 0 spiro atoms. The summed E-state index contributed by atoms with van der Waals surface area (Å²) in [4.78, 5) is 16.4. The van der Waals surface area contributed by atoms with Crippen molar-refractivity contribution in [1.29, 1.82) is 0 Å². The highest BCUT2D eigenvalue weighted by Gasteiger charge is 2.44. The third kappa shape index (κ3) is 4.49. The summed E-state index contributed by atoms with van der Waals surface area (Å²) < 4.78 is 19.8. The zero-order valence-corrected chi connectivity index (χ0v) is 17.7. The lowest BCUT2D eigenvalue weighted by molar-refractivity contribution is -0.120. The summed E-state index contributed by atoms with van der Waals surface area (Å²) in [7, 11) is 0. The van der Waals surface area contributed by atoms with Crippen molar-refractivity contribution in [3.63, 3.8) is 0 Å². The number of hydrazone groups is 2. The van der Waals surface area contributed by atoms with E-state index < -0.39 is 5.72 Å². The van der Waals surface area contributed by atoms with Gasteiger partial charge in [0.15, 0.2) is 0 Å². The summed E-state index contributed by atoms with van der Waals surface area (Å²) in [5.41, 5.74) is 3.78. The molecule has 0 fully saturated rings. The van der Waals surface area contributed by atoms with E-state index in [4.69, 9.17) is 4.74 Å². The van der Waals surface area contributed by atoms with Crippen molar-refractivity contribution in [2.45, 2.75) is 26.0 Å². The minimum atomic E-state index is -1.09. The molecule has 2 aromatic carbocycles. The van der Waals surface area contributed by atoms with Gasteiger partial charge in [-0.1, -0.05) is 42.5 Å². The summed E-state index contributed by atoms with van der Waals surface area (Å²) in [6.07, 6.45) is 3.49. The number of carbonyl (C=O) groups excluding carboxylic acids is 1. The van der Waals surface area contributed by atoms with Gasteiger partial charge in [-0.15, -0.1) is 5.10 Å². The second kappa shape index (κ2) is 8.97. The summed E-state index contributed by atoms with van der Waals surface area (Å²) in [5.74, 6) is 0.167. The first-order valence-corrected chi connectivity index (χ1v) is 10.1. The Morgan fingerprint density at radius 1 is 1.09 bits per heavy atom. The van der Waals surface area contributed by atoms with Crippen LogP contribution in [-0.4, -0.2) is 27.6 Å². The van der Waals surface area contributed by atoms with Gasteiger partial charge in [-0.3, -0.25) is 9.78 Å². The molecule has 1 aliphatic heterocycles. The molecule has 1 atom stereocenters. The number of carbonyl (C=O) groups is 1. The predicted molar refractivity (Wildman–Crippen MR) is 119 cm³/mol. The van der Waals surface area contributed by atoms with Gasteiger partial charge in [0, 0.05) is 30.4 Å². The van der Waals surface area contributed by atoms with E-state index in [0.717, 1.165) is 11.1 Å². The van der Waals surface area contributed by atoms with Crippen LogP contribution in [0.3, 0.4) is 0 Å². The van der Waals surface area contributed by atoms with E-state index in [1.165, 1.54) is 12.1 Å². The van der Waals surface area contributed by atoms with Crippen molar-refractivity contribution in [2.24, 2.45) is 10.2 Å². The first-order valence-electron chi connectivity index (χ1n) is 10.1. The van der Waals surface area contributed by atoms with E-state index in [1.54, 1.807) is 48.6 Å². The van der Waals surface area contributed by atoms with Crippen molar-refractivity contribution in [1.82, 2.24) is 15.4 Å². The van der Waals surface area contributed by atoms with Gasteiger partial charge in [-0.2, -0.15) is 5.10 Å². The molecule has 0 bridgehead atoms. The fourth-order valence-corrected chi connectivity index (χ4v) is 3.38. The summed E-state index contributed by atoms with van der Waals surface area (Å²) in [6.45, 7) is 3.52. The number of ether oxygens (including phenoxy) is 1. The maximum absolute atomic E-state index is 13.5. The maximum atomic E-state index is 13.5. The number of nitrogens with one attached hydrogen (secondary N) is 1. The Balaban J connectivity index is 1.60. The van der Waals surface area contributed by atoms with Crippen LogP contribution in [0.4, 0.5) is 4.39 Å². The fourth-order valence-electron chi connectivity index (χ4n) is 3.38.